The Morgan fingerprint density at radius 3 is 0.809 bits per heavy atom. The third kappa shape index (κ3) is 21.2. The molecule has 68 heavy (non-hydrogen) atoms. The van der Waals surface area contributed by atoms with Gasteiger partial charge in [-0.25, -0.2) is 0 Å². The molecule has 0 unspecified atom stereocenters. The second-order valence-electron chi connectivity index (χ2n) is 20.6. The second-order valence-corrected chi connectivity index (χ2v) is 25.2. The van der Waals surface area contributed by atoms with Crippen LogP contribution in [0.25, 0.3) is 0 Å². The van der Waals surface area contributed by atoms with E-state index in [2.05, 4.69) is 130 Å². The Balaban J connectivity index is 0.00000771. The van der Waals surface area contributed by atoms with Crippen molar-refractivity contribution in [2.24, 2.45) is 0 Å². The molecular weight excluding hydrogens is 939 g/mol. The summed E-state index contributed by atoms with van der Waals surface area (Å²) in [7, 11) is -2.82. The fraction of sp³-hybridized carbons (Fsp3) is 0.651. The van der Waals surface area contributed by atoms with E-state index < -0.39 is 8.07 Å². The summed E-state index contributed by atoms with van der Waals surface area (Å²) in [6.07, 6.45) is 46.5. The molecule has 0 saturated heterocycles. The maximum Gasteiger partial charge on any atom is -1.00 e. The molecule has 380 valence electrons. The second kappa shape index (κ2) is 38.5. The smallest absolute Gasteiger partial charge is 1.00 e. The van der Waals surface area contributed by atoms with Crippen LogP contribution in [0.15, 0.2) is 75.3 Å². The maximum absolute atomic E-state index is 2.82. The van der Waals surface area contributed by atoms with Crippen molar-refractivity contribution in [3.63, 3.8) is 0 Å². The van der Waals surface area contributed by atoms with Gasteiger partial charge in [0.25, 0.3) is 0 Å². The Morgan fingerprint density at radius 2 is 0.574 bits per heavy atom. The van der Waals surface area contributed by atoms with Crippen LogP contribution in [0.3, 0.4) is 0 Å². The van der Waals surface area contributed by atoms with Gasteiger partial charge < -0.3 is 37.2 Å². The van der Waals surface area contributed by atoms with E-state index in [1.165, 1.54) is 212 Å². The molecule has 1 aliphatic rings. The van der Waals surface area contributed by atoms with E-state index in [1.807, 2.05) is 5.20 Å². The Labute approximate surface area is 453 Å². The van der Waals surface area contributed by atoms with Crippen molar-refractivity contribution in [1.82, 2.24) is 0 Å². The fourth-order valence-electron chi connectivity index (χ4n) is 10.9. The van der Waals surface area contributed by atoms with Crippen molar-refractivity contribution >= 4 is 23.6 Å². The standard InChI is InChI=1S/C63H99Si.3ClH.Ti/c1-8-15-22-28-35-54-43-55(36-29-23-16-9-2)48-61(47-54)64(60-42-41-53(46-60)34-21-14-7,62-49-56(37-30-24-17-10-3)44-57(50-62)38-31-25-18-11-4)63-51-58(39-32-26-19-12-5)45-59(52-63)40-33-27-20-13-6;;;;/h41,43-45,47-52H,8-40,42H2,1-7H3;3*1H;/q;;;;+3/p-3. The molecular formula is C63H99Cl3SiTi. The first kappa shape index (κ1) is 65.0. The summed E-state index contributed by atoms with van der Waals surface area (Å²) in [4.78, 5) is 0. The SMILES string of the molecule is CCCCCCc1cc(CCCCCC)cc([Si](C2=[C]([Ti+3])C(CCCC)=CC2)(c2cc(CCCCCC)cc(CCCCCC)c2)c2cc(CCCCCC)cc(CCCCCC)c2)c1.[Cl-].[Cl-].[Cl-]. The Bertz CT molecular complexity index is 1580. The first-order valence-corrected chi connectivity index (χ1v) is 31.2. The molecule has 3 aromatic rings. The zero-order valence-electron chi connectivity index (χ0n) is 44.9. The molecule has 5 heteroatoms. The van der Waals surface area contributed by atoms with Crippen LogP contribution in [0.1, 0.15) is 262 Å². The summed E-state index contributed by atoms with van der Waals surface area (Å²) >= 11 is 2.58. The predicted molar refractivity (Wildman–Crippen MR) is 290 cm³/mol. The van der Waals surface area contributed by atoms with Gasteiger partial charge in [-0.1, -0.05) is 0 Å². The van der Waals surface area contributed by atoms with Gasteiger partial charge in [-0.3, -0.25) is 0 Å². The molecule has 0 aliphatic heterocycles. The zero-order valence-corrected chi connectivity index (χ0v) is 49.8. The normalized spacial score (nSPS) is 12.5. The largest absolute Gasteiger partial charge is 1.00 e. The van der Waals surface area contributed by atoms with E-state index in [-0.39, 0.29) is 37.2 Å². The minimum absolute atomic E-state index is 0. The van der Waals surface area contributed by atoms with E-state index in [9.17, 15) is 0 Å². The van der Waals surface area contributed by atoms with Gasteiger partial charge in [-0.05, 0) is 0 Å². The summed E-state index contributed by atoms with van der Waals surface area (Å²) in [5, 5.41) is 6.92. The number of hydrogen-bond donors (Lipinski definition) is 0. The first-order valence-electron chi connectivity index (χ1n) is 28.4. The molecule has 3 aromatic carbocycles. The van der Waals surface area contributed by atoms with Crippen LogP contribution < -0.4 is 52.8 Å². The zero-order chi connectivity index (χ0) is 46.5. The van der Waals surface area contributed by atoms with Gasteiger partial charge >= 0.3 is 420 Å². The number of aryl methyl sites for hydroxylation is 6. The maximum atomic E-state index is 2.82. The molecule has 0 amide bonds. The molecule has 0 saturated carbocycles. The Morgan fingerprint density at radius 1 is 0.324 bits per heavy atom. The van der Waals surface area contributed by atoms with Crippen LogP contribution in [0.4, 0.5) is 0 Å². The summed E-state index contributed by atoms with van der Waals surface area (Å²) in [6.45, 7) is 16.6. The van der Waals surface area contributed by atoms with Gasteiger partial charge in [0, 0.05) is 0 Å². The first-order chi connectivity index (χ1) is 31.9. The van der Waals surface area contributed by atoms with Crippen molar-refractivity contribution < 1.29 is 57.7 Å². The van der Waals surface area contributed by atoms with E-state index in [4.69, 9.17) is 0 Å². The van der Waals surface area contributed by atoms with E-state index in [1.54, 1.807) is 58.4 Å². The average molecular weight is 1040 g/mol. The van der Waals surface area contributed by atoms with Crippen molar-refractivity contribution in [3.05, 3.63) is 109 Å². The molecule has 0 nitrogen and oxygen atoms in total. The average Bonchev–Trinajstić information content (AvgIpc) is 3.68. The monoisotopic (exact) mass is 1040 g/mol. The minimum atomic E-state index is -2.82. The number of rotatable bonds is 37. The van der Waals surface area contributed by atoms with Gasteiger partial charge in [0.2, 0.25) is 0 Å². The number of benzene rings is 3. The summed E-state index contributed by atoms with van der Waals surface area (Å²) < 4.78 is 1.65. The topological polar surface area (TPSA) is 0 Å². The van der Waals surface area contributed by atoms with Crippen molar-refractivity contribution in [3.8, 4) is 0 Å². The van der Waals surface area contributed by atoms with Gasteiger partial charge in [0.05, 0.1) is 0 Å². The molecule has 0 spiro atoms. The summed E-state index contributed by atoms with van der Waals surface area (Å²) in [5.41, 5.74) is 11.3. The minimum Gasteiger partial charge on any atom is -1.00 e. The van der Waals surface area contributed by atoms with Crippen LogP contribution in [-0.4, -0.2) is 8.07 Å². The van der Waals surface area contributed by atoms with E-state index in [0.29, 0.717) is 0 Å². The predicted octanol–water partition coefficient (Wildman–Crippen LogP) is 8.77. The summed E-state index contributed by atoms with van der Waals surface area (Å²) in [6, 6.07) is 25.0. The molecule has 1 aliphatic carbocycles. The van der Waals surface area contributed by atoms with Gasteiger partial charge in [-0.15, -0.1) is 0 Å². The molecule has 0 N–H and O–H groups in total. The number of unbranched alkanes of at least 4 members (excludes halogenated alkanes) is 19. The van der Waals surface area contributed by atoms with Crippen LogP contribution >= 0.6 is 0 Å². The molecule has 0 heterocycles. The summed E-state index contributed by atoms with van der Waals surface area (Å²) in [5.74, 6) is 0. The molecule has 0 bridgehead atoms. The van der Waals surface area contributed by atoms with Crippen LogP contribution in [0.5, 0.6) is 0 Å². The van der Waals surface area contributed by atoms with Crippen molar-refractivity contribution in [2.75, 3.05) is 0 Å². The van der Waals surface area contributed by atoms with Gasteiger partial charge in [0.15, 0.2) is 0 Å². The molecule has 4 rings (SSSR count). The number of halogens is 3. The number of allylic oxidation sites excluding steroid dienone is 4. The Kier molecular flexibility index (Phi) is 36.8. The van der Waals surface area contributed by atoms with E-state index >= 15 is 0 Å². The van der Waals surface area contributed by atoms with E-state index in [0.717, 1.165) is 6.42 Å². The van der Waals surface area contributed by atoms with Gasteiger partial charge in [0.1, 0.15) is 0 Å². The van der Waals surface area contributed by atoms with Crippen molar-refractivity contribution in [2.45, 2.75) is 267 Å². The van der Waals surface area contributed by atoms with Gasteiger partial charge in [-0.2, -0.15) is 0 Å². The Hall–Kier alpha value is -1.06. The quantitative estimate of drug-likeness (QED) is 0.0308. The fourth-order valence-corrected chi connectivity index (χ4v) is 17.7. The molecule has 0 radical (unpaired) electrons. The third-order valence-electron chi connectivity index (χ3n) is 14.8. The molecule has 0 atom stereocenters. The van der Waals surface area contributed by atoms with Crippen LogP contribution in [0, 0.1) is 0 Å². The van der Waals surface area contributed by atoms with Crippen LogP contribution in [-0.2, 0) is 59.0 Å². The van der Waals surface area contributed by atoms with Crippen molar-refractivity contribution in [1.29, 1.82) is 0 Å². The third-order valence-corrected chi connectivity index (χ3v) is 21.0. The number of hydrogen-bond acceptors (Lipinski definition) is 0. The van der Waals surface area contributed by atoms with Crippen LogP contribution in [0.2, 0.25) is 0 Å². The molecule has 0 fully saturated rings. The molecule has 0 aromatic heterocycles.